The SMILES string of the molecule is CC(C)c1cc(F)c(C(=O)O)c(Cl)c1. The van der Waals surface area contributed by atoms with Gasteiger partial charge in [-0.3, -0.25) is 0 Å². The molecule has 4 heteroatoms. The van der Waals surface area contributed by atoms with Crippen molar-refractivity contribution >= 4 is 17.6 Å². The molecule has 0 saturated carbocycles. The normalized spacial score (nSPS) is 10.6. The Labute approximate surface area is 86.3 Å². The fourth-order valence-corrected chi connectivity index (χ4v) is 1.43. The van der Waals surface area contributed by atoms with E-state index in [1.54, 1.807) is 0 Å². The number of rotatable bonds is 2. The average molecular weight is 217 g/mol. The molecular formula is C10H10ClFO2. The molecule has 0 amide bonds. The molecule has 1 aromatic carbocycles. The summed E-state index contributed by atoms with van der Waals surface area (Å²) in [6.45, 7) is 3.76. The second-order valence-electron chi connectivity index (χ2n) is 3.32. The van der Waals surface area contributed by atoms with E-state index in [1.807, 2.05) is 13.8 Å². The number of aromatic carboxylic acids is 1. The summed E-state index contributed by atoms with van der Waals surface area (Å²) in [6, 6.07) is 2.69. The molecule has 2 nitrogen and oxygen atoms in total. The monoisotopic (exact) mass is 216 g/mol. The first kappa shape index (κ1) is 11.0. The number of benzene rings is 1. The lowest BCUT2D eigenvalue weighted by Crippen LogP contribution is -2.03. The molecule has 0 aliphatic heterocycles. The van der Waals surface area contributed by atoms with E-state index in [0.717, 1.165) is 0 Å². The Morgan fingerprint density at radius 2 is 2.07 bits per heavy atom. The molecule has 0 aliphatic rings. The van der Waals surface area contributed by atoms with Crippen LogP contribution in [-0.4, -0.2) is 11.1 Å². The standard InChI is InChI=1S/C10H10ClFO2/c1-5(2)6-3-7(11)9(10(13)14)8(12)4-6/h3-5H,1-2H3,(H,13,14). The summed E-state index contributed by atoms with van der Waals surface area (Å²) in [6.07, 6.45) is 0. The Balaban J connectivity index is 3.32. The highest BCUT2D eigenvalue weighted by Gasteiger charge is 2.16. The van der Waals surface area contributed by atoms with Crippen LogP contribution < -0.4 is 0 Å². The van der Waals surface area contributed by atoms with Gasteiger partial charge >= 0.3 is 5.97 Å². The third-order valence-electron chi connectivity index (χ3n) is 1.94. The van der Waals surface area contributed by atoms with Crippen LogP contribution in [0, 0.1) is 5.82 Å². The molecule has 0 radical (unpaired) electrons. The van der Waals surface area contributed by atoms with E-state index in [2.05, 4.69) is 0 Å². The largest absolute Gasteiger partial charge is 0.478 e. The van der Waals surface area contributed by atoms with E-state index < -0.39 is 17.3 Å². The van der Waals surface area contributed by atoms with Crippen molar-refractivity contribution in [2.75, 3.05) is 0 Å². The first-order valence-corrected chi connectivity index (χ1v) is 4.53. The van der Waals surface area contributed by atoms with Crippen molar-refractivity contribution in [1.82, 2.24) is 0 Å². The summed E-state index contributed by atoms with van der Waals surface area (Å²) in [7, 11) is 0. The first-order valence-electron chi connectivity index (χ1n) is 4.15. The summed E-state index contributed by atoms with van der Waals surface area (Å²) in [5.41, 5.74) is 0.230. The zero-order chi connectivity index (χ0) is 10.9. The van der Waals surface area contributed by atoms with E-state index in [0.29, 0.717) is 5.56 Å². The summed E-state index contributed by atoms with van der Waals surface area (Å²) >= 11 is 5.65. The highest BCUT2D eigenvalue weighted by Crippen LogP contribution is 2.25. The molecule has 76 valence electrons. The predicted octanol–water partition coefficient (Wildman–Crippen LogP) is 3.30. The van der Waals surface area contributed by atoms with Crippen LogP contribution in [0.5, 0.6) is 0 Å². The lowest BCUT2D eigenvalue weighted by atomic mass is 10.0. The number of hydrogen-bond acceptors (Lipinski definition) is 1. The van der Waals surface area contributed by atoms with Gasteiger partial charge in [0, 0.05) is 0 Å². The van der Waals surface area contributed by atoms with E-state index in [1.165, 1.54) is 12.1 Å². The van der Waals surface area contributed by atoms with Crippen molar-refractivity contribution in [3.8, 4) is 0 Å². The Morgan fingerprint density at radius 3 is 2.43 bits per heavy atom. The minimum atomic E-state index is -1.34. The third kappa shape index (κ3) is 2.04. The summed E-state index contributed by atoms with van der Waals surface area (Å²) in [5.74, 6) is -2.01. The van der Waals surface area contributed by atoms with Crippen LogP contribution in [-0.2, 0) is 0 Å². The fraction of sp³-hybridized carbons (Fsp3) is 0.300. The maximum atomic E-state index is 13.3. The molecule has 0 heterocycles. The second-order valence-corrected chi connectivity index (χ2v) is 3.73. The van der Waals surface area contributed by atoms with Gasteiger partial charge in [-0.1, -0.05) is 25.4 Å². The molecule has 0 saturated heterocycles. The van der Waals surface area contributed by atoms with Crippen molar-refractivity contribution in [3.05, 3.63) is 34.1 Å². The van der Waals surface area contributed by atoms with Gasteiger partial charge in [-0.2, -0.15) is 0 Å². The maximum Gasteiger partial charge on any atom is 0.340 e. The van der Waals surface area contributed by atoms with Crippen molar-refractivity contribution in [2.24, 2.45) is 0 Å². The lowest BCUT2D eigenvalue weighted by molar-refractivity contribution is 0.0692. The predicted molar refractivity (Wildman–Crippen MR) is 52.5 cm³/mol. The summed E-state index contributed by atoms with van der Waals surface area (Å²) < 4.78 is 13.3. The Kier molecular flexibility index (Phi) is 3.11. The summed E-state index contributed by atoms with van der Waals surface area (Å²) in [4.78, 5) is 10.6. The van der Waals surface area contributed by atoms with E-state index in [9.17, 15) is 9.18 Å². The third-order valence-corrected chi connectivity index (χ3v) is 2.24. The van der Waals surface area contributed by atoms with Crippen molar-refractivity contribution < 1.29 is 14.3 Å². The molecule has 1 aromatic rings. The van der Waals surface area contributed by atoms with Gasteiger partial charge in [-0.15, -0.1) is 0 Å². The highest BCUT2D eigenvalue weighted by atomic mass is 35.5. The molecule has 1 N–H and O–H groups in total. The quantitative estimate of drug-likeness (QED) is 0.824. The zero-order valence-corrected chi connectivity index (χ0v) is 8.60. The number of halogens is 2. The van der Waals surface area contributed by atoms with Crippen molar-refractivity contribution in [1.29, 1.82) is 0 Å². The van der Waals surface area contributed by atoms with Gasteiger partial charge in [0.15, 0.2) is 0 Å². The van der Waals surface area contributed by atoms with Gasteiger partial charge < -0.3 is 5.11 Å². The minimum Gasteiger partial charge on any atom is -0.478 e. The van der Waals surface area contributed by atoms with Gasteiger partial charge in [0.1, 0.15) is 11.4 Å². The molecule has 0 spiro atoms. The topological polar surface area (TPSA) is 37.3 Å². The number of hydrogen-bond donors (Lipinski definition) is 1. The fourth-order valence-electron chi connectivity index (χ4n) is 1.13. The molecule has 14 heavy (non-hydrogen) atoms. The van der Waals surface area contributed by atoms with E-state index in [-0.39, 0.29) is 10.9 Å². The maximum absolute atomic E-state index is 13.3. The van der Waals surface area contributed by atoms with Gasteiger partial charge in [0.2, 0.25) is 0 Å². The van der Waals surface area contributed by atoms with Crippen LogP contribution in [0.25, 0.3) is 0 Å². The van der Waals surface area contributed by atoms with Crippen LogP contribution in [0.15, 0.2) is 12.1 Å². The molecular weight excluding hydrogens is 207 g/mol. The number of carbonyl (C=O) groups is 1. The number of carboxylic acids is 1. The van der Waals surface area contributed by atoms with Crippen LogP contribution in [0.3, 0.4) is 0 Å². The van der Waals surface area contributed by atoms with Gasteiger partial charge in [0.05, 0.1) is 5.02 Å². The Bertz CT molecular complexity index is 351. The average Bonchev–Trinajstić information content (AvgIpc) is 2.01. The van der Waals surface area contributed by atoms with Crippen molar-refractivity contribution in [3.63, 3.8) is 0 Å². The smallest absolute Gasteiger partial charge is 0.340 e. The second kappa shape index (κ2) is 3.96. The van der Waals surface area contributed by atoms with Crippen LogP contribution in [0.1, 0.15) is 35.7 Å². The van der Waals surface area contributed by atoms with Crippen LogP contribution in [0.4, 0.5) is 4.39 Å². The molecule has 0 atom stereocenters. The van der Waals surface area contributed by atoms with E-state index in [4.69, 9.17) is 16.7 Å². The molecule has 0 aliphatic carbocycles. The molecule has 0 aromatic heterocycles. The highest BCUT2D eigenvalue weighted by molar-refractivity contribution is 6.33. The lowest BCUT2D eigenvalue weighted by Gasteiger charge is -2.08. The zero-order valence-electron chi connectivity index (χ0n) is 7.84. The van der Waals surface area contributed by atoms with Gasteiger partial charge in [-0.05, 0) is 23.6 Å². The minimum absolute atomic E-state index is 0.0544. The number of carboxylic acid groups (broad SMARTS) is 1. The van der Waals surface area contributed by atoms with E-state index >= 15 is 0 Å². The molecule has 0 unspecified atom stereocenters. The summed E-state index contributed by atoms with van der Waals surface area (Å²) in [5, 5.41) is 8.60. The Morgan fingerprint density at radius 1 is 1.50 bits per heavy atom. The molecule has 0 fully saturated rings. The first-order chi connectivity index (χ1) is 6.43. The Hall–Kier alpha value is -1.09. The van der Waals surface area contributed by atoms with Crippen LogP contribution >= 0.6 is 11.6 Å². The molecule has 0 bridgehead atoms. The van der Waals surface area contributed by atoms with Gasteiger partial charge in [0.25, 0.3) is 0 Å². The van der Waals surface area contributed by atoms with Crippen molar-refractivity contribution in [2.45, 2.75) is 19.8 Å². The molecule has 1 rings (SSSR count). The van der Waals surface area contributed by atoms with Gasteiger partial charge in [-0.25, -0.2) is 9.18 Å². The van der Waals surface area contributed by atoms with Crippen LogP contribution in [0.2, 0.25) is 5.02 Å².